The van der Waals surface area contributed by atoms with Gasteiger partial charge in [0.25, 0.3) is 10.1 Å². The molecule has 0 radical (unpaired) electrons. The van der Waals surface area contributed by atoms with Crippen molar-refractivity contribution in [2.45, 2.75) is 96.9 Å². The first kappa shape index (κ1) is 23.9. The summed E-state index contributed by atoms with van der Waals surface area (Å²) in [6.45, 7) is 6.70. The minimum atomic E-state index is -3.94. The zero-order valence-corrected chi connectivity index (χ0v) is 20.1. The molecule has 4 aliphatic rings. The highest BCUT2D eigenvalue weighted by Gasteiger charge is 2.65. The van der Waals surface area contributed by atoms with Gasteiger partial charge in [0.2, 0.25) is 0 Å². The SMILES string of the molecule is C[C@H](CCCS(=O)(=O)O)[C@H]1CCC2C3C(C[C@H](O)[C@@]21C)[C@@]1(C)CC[C@@H](O)C[C@H]1C[C@H]3O. The van der Waals surface area contributed by atoms with Crippen LogP contribution in [0.3, 0.4) is 0 Å². The van der Waals surface area contributed by atoms with Crippen molar-refractivity contribution in [2.24, 2.45) is 46.3 Å². The van der Waals surface area contributed by atoms with Crippen molar-refractivity contribution in [3.63, 3.8) is 0 Å². The van der Waals surface area contributed by atoms with E-state index in [-0.39, 0.29) is 52.5 Å². The predicted molar refractivity (Wildman–Crippen MR) is 119 cm³/mol. The van der Waals surface area contributed by atoms with E-state index >= 15 is 0 Å². The Bertz CT molecular complexity index is 770. The fourth-order valence-electron chi connectivity index (χ4n) is 8.92. The molecule has 0 heterocycles. The largest absolute Gasteiger partial charge is 0.393 e. The lowest BCUT2D eigenvalue weighted by Gasteiger charge is -2.63. The summed E-state index contributed by atoms with van der Waals surface area (Å²) in [7, 11) is -3.94. The second kappa shape index (κ2) is 8.23. The second-order valence-corrected chi connectivity index (χ2v) is 13.5. The molecule has 0 aromatic carbocycles. The van der Waals surface area contributed by atoms with Crippen molar-refractivity contribution in [3.05, 3.63) is 0 Å². The van der Waals surface area contributed by atoms with Crippen molar-refractivity contribution in [1.29, 1.82) is 0 Å². The van der Waals surface area contributed by atoms with Gasteiger partial charge in [-0.25, -0.2) is 0 Å². The quantitative estimate of drug-likeness (QED) is 0.470. The Hall–Kier alpha value is -0.210. The van der Waals surface area contributed by atoms with Gasteiger partial charge in [-0.05, 0) is 104 Å². The number of fused-ring (bicyclic) bond motifs is 5. The van der Waals surface area contributed by atoms with E-state index in [1.807, 2.05) is 0 Å². The van der Waals surface area contributed by atoms with Gasteiger partial charge in [-0.2, -0.15) is 8.42 Å². The molecule has 0 bridgehead atoms. The van der Waals surface area contributed by atoms with E-state index in [9.17, 15) is 23.7 Å². The minimum absolute atomic E-state index is 0.0740. The van der Waals surface area contributed by atoms with Crippen LogP contribution in [0.2, 0.25) is 0 Å². The van der Waals surface area contributed by atoms with Crippen molar-refractivity contribution in [3.8, 4) is 0 Å². The first-order valence-corrected chi connectivity index (χ1v) is 14.0. The molecule has 4 fully saturated rings. The average molecular weight is 459 g/mol. The molecule has 4 aliphatic carbocycles. The zero-order valence-electron chi connectivity index (χ0n) is 19.3. The maximum absolute atomic E-state index is 11.5. The second-order valence-electron chi connectivity index (χ2n) is 11.9. The van der Waals surface area contributed by atoms with Crippen LogP contribution >= 0.6 is 0 Å². The number of rotatable bonds is 5. The maximum Gasteiger partial charge on any atom is 0.264 e. The van der Waals surface area contributed by atoms with Crippen LogP contribution in [0.4, 0.5) is 0 Å². The lowest BCUT2D eigenvalue weighted by atomic mass is 9.43. The lowest BCUT2D eigenvalue weighted by Crippen LogP contribution is -2.62. The third-order valence-electron chi connectivity index (χ3n) is 10.6. The summed E-state index contributed by atoms with van der Waals surface area (Å²) in [5, 5.41) is 33.0. The third kappa shape index (κ3) is 4.01. The van der Waals surface area contributed by atoms with Gasteiger partial charge in [-0.3, -0.25) is 4.55 Å². The number of hydrogen-bond donors (Lipinski definition) is 4. The molecular weight excluding hydrogens is 416 g/mol. The van der Waals surface area contributed by atoms with Gasteiger partial charge in [0, 0.05) is 0 Å². The summed E-state index contributed by atoms with van der Waals surface area (Å²) in [6, 6.07) is 0. The molecule has 0 aliphatic heterocycles. The van der Waals surface area contributed by atoms with Gasteiger partial charge < -0.3 is 15.3 Å². The summed E-state index contributed by atoms with van der Waals surface area (Å²) in [5.74, 6) is 1.42. The van der Waals surface area contributed by atoms with E-state index in [0.717, 1.165) is 38.5 Å². The summed E-state index contributed by atoms with van der Waals surface area (Å²) >= 11 is 0. The van der Waals surface area contributed by atoms with Crippen molar-refractivity contribution < 1.29 is 28.3 Å². The fourth-order valence-corrected chi connectivity index (χ4v) is 9.45. The van der Waals surface area contributed by atoms with Crippen molar-refractivity contribution in [1.82, 2.24) is 0 Å². The molecule has 31 heavy (non-hydrogen) atoms. The summed E-state index contributed by atoms with van der Waals surface area (Å²) < 4.78 is 31.3. The highest BCUT2D eigenvalue weighted by atomic mass is 32.2. The van der Waals surface area contributed by atoms with Gasteiger partial charge in [0.05, 0.1) is 24.1 Å². The number of hydrogen-bond acceptors (Lipinski definition) is 5. The van der Waals surface area contributed by atoms with Crippen LogP contribution < -0.4 is 0 Å². The first-order valence-electron chi connectivity index (χ1n) is 12.4. The molecule has 4 N–H and O–H groups in total. The van der Waals surface area contributed by atoms with E-state index < -0.39 is 16.2 Å². The molecule has 11 atom stereocenters. The van der Waals surface area contributed by atoms with Crippen LogP contribution in [0.15, 0.2) is 0 Å². The number of aliphatic hydroxyl groups excluding tert-OH is 3. The molecular formula is C24H42O6S. The summed E-state index contributed by atoms with van der Waals surface area (Å²) in [4.78, 5) is 0. The molecule has 3 unspecified atom stereocenters. The van der Waals surface area contributed by atoms with Crippen LogP contribution in [0.5, 0.6) is 0 Å². The van der Waals surface area contributed by atoms with E-state index in [0.29, 0.717) is 31.1 Å². The normalized spacial score (nSPS) is 50.9. The Morgan fingerprint density at radius 3 is 2.39 bits per heavy atom. The van der Waals surface area contributed by atoms with Crippen LogP contribution in [0, 0.1) is 46.3 Å². The van der Waals surface area contributed by atoms with Gasteiger partial charge in [-0.1, -0.05) is 20.8 Å². The smallest absolute Gasteiger partial charge is 0.264 e. The van der Waals surface area contributed by atoms with Gasteiger partial charge in [0.15, 0.2) is 0 Å². The van der Waals surface area contributed by atoms with Gasteiger partial charge in [-0.15, -0.1) is 0 Å². The highest BCUT2D eigenvalue weighted by molar-refractivity contribution is 7.85. The molecule has 0 spiro atoms. The number of aliphatic hydroxyl groups is 3. The zero-order chi connectivity index (χ0) is 22.8. The molecule has 7 heteroatoms. The van der Waals surface area contributed by atoms with E-state index in [2.05, 4.69) is 20.8 Å². The Morgan fingerprint density at radius 1 is 1.00 bits per heavy atom. The average Bonchev–Trinajstić information content (AvgIpc) is 3.01. The maximum atomic E-state index is 11.5. The molecule has 180 valence electrons. The summed E-state index contributed by atoms with van der Waals surface area (Å²) in [5.41, 5.74) is -0.193. The Balaban J connectivity index is 1.55. The topological polar surface area (TPSA) is 115 Å². The van der Waals surface area contributed by atoms with Crippen LogP contribution in [-0.2, 0) is 10.1 Å². The van der Waals surface area contributed by atoms with Crippen molar-refractivity contribution >= 4 is 10.1 Å². The molecule has 4 saturated carbocycles. The molecule has 0 saturated heterocycles. The monoisotopic (exact) mass is 458 g/mol. The molecule has 0 aromatic heterocycles. The molecule has 4 rings (SSSR count). The van der Waals surface area contributed by atoms with Crippen LogP contribution in [0.1, 0.15) is 78.6 Å². The summed E-state index contributed by atoms with van der Waals surface area (Å²) in [6.07, 6.45) is 6.11. The Kier molecular flexibility index (Phi) is 6.35. The standard InChI is InChI=1S/C24H42O6S/c1-14(5-4-10-31(28,29)30)17-6-7-18-22-19(13-21(27)24(17,18)3)23(2)9-8-16(25)11-15(23)12-20(22)26/h14-22,25-27H,4-13H2,1-3H3,(H,28,29,30)/t14-,15+,16-,17-,18?,19?,20-,21+,22?,23+,24-/m1/s1. The minimum Gasteiger partial charge on any atom is -0.393 e. The third-order valence-corrected chi connectivity index (χ3v) is 11.4. The van der Waals surface area contributed by atoms with Crippen LogP contribution in [-0.4, -0.2) is 52.4 Å². The predicted octanol–water partition coefficient (Wildman–Crippen LogP) is 3.25. The molecule has 6 nitrogen and oxygen atoms in total. The molecule has 0 aromatic rings. The van der Waals surface area contributed by atoms with Gasteiger partial charge in [0.1, 0.15) is 0 Å². The Morgan fingerprint density at radius 2 is 1.71 bits per heavy atom. The highest BCUT2D eigenvalue weighted by Crippen LogP contribution is 2.68. The van der Waals surface area contributed by atoms with Crippen LogP contribution in [0.25, 0.3) is 0 Å². The van der Waals surface area contributed by atoms with E-state index in [4.69, 9.17) is 4.55 Å². The molecule has 0 amide bonds. The lowest BCUT2D eigenvalue weighted by molar-refractivity contribution is -0.207. The van der Waals surface area contributed by atoms with Gasteiger partial charge >= 0.3 is 0 Å². The Labute approximate surface area is 187 Å². The van der Waals surface area contributed by atoms with E-state index in [1.54, 1.807) is 0 Å². The first-order chi connectivity index (χ1) is 14.4. The van der Waals surface area contributed by atoms with Crippen molar-refractivity contribution in [2.75, 3.05) is 5.75 Å². The fraction of sp³-hybridized carbons (Fsp3) is 1.00. The van der Waals surface area contributed by atoms with E-state index in [1.165, 1.54) is 0 Å².